The van der Waals surface area contributed by atoms with E-state index in [0.29, 0.717) is 36.7 Å². The Morgan fingerprint density at radius 2 is 1.88 bits per heavy atom. The summed E-state index contributed by atoms with van der Waals surface area (Å²) >= 11 is 7.29. The van der Waals surface area contributed by atoms with Gasteiger partial charge in [-0.2, -0.15) is 0 Å². The van der Waals surface area contributed by atoms with Crippen LogP contribution in [-0.4, -0.2) is 36.3 Å². The maximum absolute atomic E-state index is 12.3. The molecular formula is C18H18ClNO3S. The molecule has 1 aliphatic heterocycles. The standard InChI is InChI=1S/C18H18ClNO3S/c19-14-3-5-15(6-4-14)23-12-17(21)20-9-7-13(8-10-20)18(22)16-2-1-11-24-16/h1-6,11,13H,7-10,12H2. The van der Waals surface area contributed by atoms with Crippen LogP contribution >= 0.6 is 22.9 Å². The molecule has 0 N–H and O–H groups in total. The molecule has 1 saturated heterocycles. The third-order valence-corrected chi connectivity index (χ3v) is 5.29. The van der Waals surface area contributed by atoms with Crippen LogP contribution in [-0.2, 0) is 4.79 Å². The second kappa shape index (κ2) is 7.81. The molecule has 2 aromatic rings. The number of ketones is 1. The highest BCUT2D eigenvalue weighted by atomic mass is 35.5. The van der Waals surface area contributed by atoms with Gasteiger partial charge < -0.3 is 9.64 Å². The summed E-state index contributed by atoms with van der Waals surface area (Å²) < 4.78 is 5.49. The largest absolute Gasteiger partial charge is 0.484 e. The lowest BCUT2D eigenvalue weighted by Gasteiger charge is -2.31. The van der Waals surface area contributed by atoms with Gasteiger partial charge in [0, 0.05) is 24.0 Å². The minimum Gasteiger partial charge on any atom is -0.484 e. The number of likely N-dealkylation sites (tertiary alicyclic amines) is 1. The normalized spacial score (nSPS) is 15.3. The number of Topliss-reactive ketones (excluding diaryl/α,β-unsaturated/α-hetero) is 1. The number of hydrogen-bond donors (Lipinski definition) is 0. The highest BCUT2D eigenvalue weighted by Crippen LogP contribution is 2.24. The molecule has 0 aliphatic carbocycles. The smallest absolute Gasteiger partial charge is 0.260 e. The molecule has 0 atom stereocenters. The first kappa shape index (κ1) is 17.0. The van der Waals surface area contributed by atoms with Crippen LogP contribution in [0.2, 0.25) is 5.02 Å². The molecule has 0 spiro atoms. The molecule has 0 radical (unpaired) electrons. The van der Waals surface area contributed by atoms with E-state index in [2.05, 4.69) is 0 Å². The van der Waals surface area contributed by atoms with E-state index in [1.54, 1.807) is 29.2 Å². The summed E-state index contributed by atoms with van der Waals surface area (Å²) in [5.41, 5.74) is 0. The van der Waals surface area contributed by atoms with Crippen molar-refractivity contribution in [2.75, 3.05) is 19.7 Å². The number of rotatable bonds is 5. The predicted octanol–water partition coefficient (Wildman–Crippen LogP) is 3.90. The summed E-state index contributed by atoms with van der Waals surface area (Å²) in [7, 11) is 0. The molecule has 4 nitrogen and oxygen atoms in total. The molecular weight excluding hydrogens is 346 g/mol. The van der Waals surface area contributed by atoms with Gasteiger partial charge in [-0.1, -0.05) is 17.7 Å². The number of carbonyl (C=O) groups excluding carboxylic acids is 2. The summed E-state index contributed by atoms with van der Waals surface area (Å²) in [4.78, 5) is 27.2. The van der Waals surface area contributed by atoms with Crippen LogP contribution in [0.4, 0.5) is 0 Å². The first-order valence-corrected chi connectivity index (χ1v) is 9.13. The summed E-state index contributed by atoms with van der Waals surface area (Å²) in [6.07, 6.45) is 1.42. The average molecular weight is 364 g/mol. The van der Waals surface area contributed by atoms with Crippen molar-refractivity contribution in [2.24, 2.45) is 5.92 Å². The number of benzene rings is 1. The Bertz CT molecular complexity index is 692. The number of piperidine rings is 1. The van der Waals surface area contributed by atoms with Crippen LogP contribution in [0.1, 0.15) is 22.5 Å². The van der Waals surface area contributed by atoms with Gasteiger partial charge in [-0.3, -0.25) is 9.59 Å². The van der Waals surface area contributed by atoms with Gasteiger partial charge in [-0.05, 0) is 48.6 Å². The number of carbonyl (C=O) groups is 2. The molecule has 0 unspecified atom stereocenters. The molecule has 1 aromatic heterocycles. The third kappa shape index (κ3) is 4.16. The monoisotopic (exact) mass is 363 g/mol. The number of ether oxygens (including phenoxy) is 1. The van der Waals surface area contributed by atoms with Gasteiger partial charge in [-0.15, -0.1) is 11.3 Å². The fourth-order valence-electron chi connectivity index (χ4n) is 2.78. The Morgan fingerprint density at radius 3 is 2.50 bits per heavy atom. The maximum Gasteiger partial charge on any atom is 0.260 e. The molecule has 1 aromatic carbocycles. The molecule has 0 saturated carbocycles. The van der Waals surface area contributed by atoms with E-state index in [-0.39, 0.29) is 24.2 Å². The Morgan fingerprint density at radius 1 is 1.17 bits per heavy atom. The molecule has 1 aliphatic rings. The van der Waals surface area contributed by atoms with E-state index in [9.17, 15) is 9.59 Å². The first-order valence-electron chi connectivity index (χ1n) is 7.87. The van der Waals surface area contributed by atoms with Crippen LogP contribution in [0.5, 0.6) is 5.75 Å². The van der Waals surface area contributed by atoms with Crippen LogP contribution in [0, 0.1) is 5.92 Å². The van der Waals surface area contributed by atoms with Gasteiger partial charge in [0.1, 0.15) is 5.75 Å². The molecule has 126 valence electrons. The van der Waals surface area contributed by atoms with Gasteiger partial charge in [-0.25, -0.2) is 0 Å². The van der Waals surface area contributed by atoms with Crippen molar-refractivity contribution in [3.8, 4) is 5.75 Å². The van der Waals surface area contributed by atoms with Crippen molar-refractivity contribution in [1.82, 2.24) is 4.90 Å². The Balaban J connectivity index is 1.46. The second-order valence-electron chi connectivity index (χ2n) is 5.74. The van der Waals surface area contributed by atoms with Crippen LogP contribution in [0.15, 0.2) is 41.8 Å². The number of thiophene rings is 1. The number of nitrogens with zero attached hydrogens (tertiary/aromatic N) is 1. The highest BCUT2D eigenvalue weighted by Gasteiger charge is 2.28. The zero-order chi connectivity index (χ0) is 16.9. The van der Waals surface area contributed by atoms with Crippen molar-refractivity contribution in [1.29, 1.82) is 0 Å². The average Bonchev–Trinajstić information content (AvgIpc) is 3.15. The van der Waals surface area contributed by atoms with E-state index in [0.717, 1.165) is 4.88 Å². The first-order chi connectivity index (χ1) is 11.6. The van der Waals surface area contributed by atoms with E-state index in [1.165, 1.54) is 11.3 Å². The van der Waals surface area contributed by atoms with Gasteiger partial charge >= 0.3 is 0 Å². The number of halogens is 1. The minimum absolute atomic E-state index is 0.00513. The highest BCUT2D eigenvalue weighted by molar-refractivity contribution is 7.12. The Kier molecular flexibility index (Phi) is 5.53. The summed E-state index contributed by atoms with van der Waals surface area (Å²) in [6.45, 7) is 1.21. The molecule has 3 rings (SSSR count). The molecule has 6 heteroatoms. The van der Waals surface area contributed by atoms with Crippen molar-refractivity contribution >= 4 is 34.6 Å². The summed E-state index contributed by atoms with van der Waals surface area (Å²) in [5, 5.41) is 2.55. The van der Waals surface area contributed by atoms with Crippen LogP contribution in [0.25, 0.3) is 0 Å². The SMILES string of the molecule is O=C(c1cccs1)C1CCN(C(=O)COc2ccc(Cl)cc2)CC1. The lowest BCUT2D eigenvalue weighted by atomic mass is 9.92. The molecule has 1 fully saturated rings. The Hall–Kier alpha value is -1.85. The van der Waals surface area contributed by atoms with Crippen molar-refractivity contribution in [2.45, 2.75) is 12.8 Å². The predicted molar refractivity (Wildman–Crippen MR) is 94.9 cm³/mol. The number of hydrogen-bond acceptors (Lipinski definition) is 4. The molecule has 1 amide bonds. The van der Waals surface area contributed by atoms with Crippen LogP contribution < -0.4 is 4.74 Å². The van der Waals surface area contributed by atoms with E-state index < -0.39 is 0 Å². The second-order valence-corrected chi connectivity index (χ2v) is 7.12. The van der Waals surface area contributed by atoms with E-state index >= 15 is 0 Å². The van der Waals surface area contributed by atoms with Crippen molar-refractivity contribution < 1.29 is 14.3 Å². The lowest BCUT2D eigenvalue weighted by Crippen LogP contribution is -2.42. The summed E-state index contributed by atoms with van der Waals surface area (Å²) in [6, 6.07) is 10.7. The van der Waals surface area contributed by atoms with E-state index in [4.69, 9.17) is 16.3 Å². The van der Waals surface area contributed by atoms with Crippen LogP contribution in [0.3, 0.4) is 0 Å². The zero-order valence-electron chi connectivity index (χ0n) is 13.1. The zero-order valence-corrected chi connectivity index (χ0v) is 14.7. The van der Waals surface area contributed by atoms with E-state index in [1.807, 2.05) is 17.5 Å². The molecule has 0 bridgehead atoms. The Labute approximate surface area is 150 Å². The lowest BCUT2D eigenvalue weighted by molar-refractivity contribution is -0.134. The fraction of sp³-hybridized carbons (Fsp3) is 0.333. The van der Waals surface area contributed by atoms with Crippen molar-refractivity contribution in [3.63, 3.8) is 0 Å². The fourth-order valence-corrected chi connectivity index (χ4v) is 3.65. The van der Waals surface area contributed by atoms with Gasteiger partial charge in [0.25, 0.3) is 5.91 Å². The summed E-state index contributed by atoms with van der Waals surface area (Å²) in [5.74, 6) is 0.793. The third-order valence-electron chi connectivity index (χ3n) is 4.16. The topological polar surface area (TPSA) is 46.6 Å². The van der Waals surface area contributed by atoms with Gasteiger partial charge in [0.15, 0.2) is 12.4 Å². The molecule has 24 heavy (non-hydrogen) atoms. The van der Waals surface area contributed by atoms with Gasteiger partial charge in [0.05, 0.1) is 4.88 Å². The maximum atomic E-state index is 12.3. The van der Waals surface area contributed by atoms with Crippen molar-refractivity contribution in [3.05, 3.63) is 51.7 Å². The number of amides is 1. The minimum atomic E-state index is -0.0491. The molecule has 2 heterocycles. The quantitative estimate of drug-likeness (QED) is 0.757. The van der Waals surface area contributed by atoms with Gasteiger partial charge in [0.2, 0.25) is 0 Å².